The van der Waals surface area contributed by atoms with E-state index in [0.29, 0.717) is 16.7 Å². The first-order valence-corrected chi connectivity index (χ1v) is 12.3. The van der Waals surface area contributed by atoms with Crippen molar-refractivity contribution in [3.05, 3.63) is 43.1 Å². The van der Waals surface area contributed by atoms with Crippen LogP contribution in [-0.2, 0) is 24.2 Å². The number of nitrogens with one attached hydrogen (secondary N) is 1. The number of hydrogen-bond acceptors (Lipinski definition) is 6. The molecule has 3 aromatic rings. The van der Waals surface area contributed by atoms with Crippen molar-refractivity contribution in [3.8, 4) is 0 Å². The molecule has 4 rings (SSSR count). The van der Waals surface area contributed by atoms with Gasteiger partial charge in [-0.05, 0) is 43.7 Å². The first-order chi connectivity index (χ1) is 14.5. The summed E-state index contributed by atoms with van der Waals surface area (Å²) in [7, 11) is 0. The number of halogens is 2. The summed E-state index contributed by atoms with van der Waals surface area (Å²) in [5, 5.41) is 4.68. The van der Waals surface area contributed by atoms with Gasteiger partial charge < -0.3 is 5.32 Å². The molecule has 1 aliphatic carbocycles. The van der Waals surface area contributed by atoms with Crippen molar-refractivity contribution in [1.82, 2.24) is 14.5 Å². The highest BCUT2D eigenvalue weighted by atomic mass is 35.5. The summed E-state index contributed by atoms with van der Waals surface area (Å²) in [6, 6.07) is 1.52. The minimum Gasteiger partial charge on any atom is -0.309 e. The van der Waals surface area contributed by atoms with Gasteiger partial charge in [0.2, 0.25) is 5.91 Å². The summed E-state index contributed by atoms with van der Waals surface area (Å²) < 4.78 is 1.70. The number of nitrogens with zero attached hydrogens (tertiary/aromatic N) is 3. The first-order valence-electron chi connectivity index (χ1n) is 9.76. The molecule has 158 valence electrons. The van der Waals surface area contributed by atoms with E-state index < -0.39 is 0 Å². The molecule has 3 aromatic heterocycles. The number of carbonyl (C=O) groups is 1. The number of aromatic nitrogens is 3. The zero-order valence-electron chi connectivity index (χ0n) is 16.3. The minimum absolute atomic E-state index is 0.00608. The Kier molecular flexibility index (Phi) is 6.67. The van der Waals surface area contributed by atoms with Gasteiger partial charge in [-0.15, -0.1) is 11.3 Å². The number of rotatable bonds is 6. The van der Waals surface area contributed by atoms with Gasteiger partial charge in [-0.2, -0.15) is 0 Å². The minimum atomic E-state index is -0.278. The Morgan fingerprint density at radius 3 is 2.90 bits per heavy atom. The average molecular weight is 483 g/mol. The van der Waals surface area contributed by atoms with E-state index in [1.807, 2.05) is 6.92 Å². The predicted octanol–water partition coefficient (Wildman–Crippen LogP) is 5.18. The highest BCUT2D eigenvalue weighted by Gasteiger charge is 2.22. The number of thioether (sulfide) groups is 1. The van der Waals surface area contributed by atoms with Crippen LogP contribution in [0.2, 0.25) is 10.0 Å². The topological polar surface area (TPSA) is 76.9 Å². The second kappa shape index (κ2) is 9.26. The molecule has 0 bridgehead atoms. The van der Waals surface area contributed by atoms with Gasteiger partial charge in [-0.3, -0.25) is 14.2 Å². The maximum absolute atomic E-state index is 13.3. The van der Waals surface area contributed by atoms with Crippen LogP contribution < -0.4 is 10.9 Å². The Hall–Kier alpha value is -1.61. The lowest BCUT2D eigenvalue weighted by Gasteiger charge is -2.13. The summed E-state index contributed by atoms with van der Waals surface area (Å²) in [6.07, 6.45) is 6.47. The van der Waals surface area contributed by atoms with Crippen LogP contribution in [0.4, 0.5) is 5.82 Å². The van der Waals surface area contributed by atoms with Crippen molar-refractivity contribution in [2.45, 2.75) is 50.7 Å². The Morgan fingerprint density at radius 2 is 2.13 bits per heavy atom. The van der Waals surface area contributed by atoms with E-state index in [1.165, 1.54) is 34.5 Å². The molecule has 0 saturated heterocycles. The average Bonchev–Trinajstić information content (AvgIpc) is 3.09. The molecule has 0 unspecified atom stereocenters. The fraction of sp³-hybridized carbons (Fsp3) is 0.400. The monoisotopic (exact) mass is 482 g/mol. The highest BCUT2D eigenvalue weighted by Crippen LogP contribution is 2.34. The number of pyridine rings is 1. The molecule has 1 amide bonds. The molecule has 1 N–H and O–H groups in total. The zero-order valence-corrected chi connectivity index (χ0v) is 19.5. The standard InChI is InChI=1S/C20H20Cl2N4O2S2/c1-2-7-26-19(28)16-12-5-3-4-6-14(12)30-18(16)25-20(26)29-10-15(27)24-17-13(22)8-11(21)9-23-17/h8-9H,2-7,10H2,1H3,(H,23,24,27). The van der Waals surface area contributed by atoms with Crippen LogP contribution >= 0.6 is 46.3 Å². The summed E-state index contributed by atoms with van der Waals surface area (Å²) in [5.41, 5.74) is 1.19. The maximum atomic E-state index is 13.3. The predicted molar refractivity (Wildman–Crippen MR) is 124 cm³/mol. The number of amides is 1. The van der Waals surface area contributed by atoms with E-state index in [9.17, 15) is 9.59 Å². The second-order valence-corrected chi connectivity index (χ2v) is 9.93. The molecular weight excluding hydrogens is 463 g/mol. The molecule has 0 radical (unpaired) electrons. The summed E-state index contributed by atoms with van der Waals surface area (Å²) in [4.78, 5) is 36.6. The second-order valence-electron chi connectivity index (χ2n) is 7.06. The molecule has 30 heavy (non-hydrogen) atoms. The van der Waals surface area contributed by atoms with E-state index in [2.05, 4.69) is 10.3 Å². The van der Waals surface area contributed by atoms with Crippen LogP contribution in [0.3, 0.4) is 0 Å². The van der Waals surface area contributed by atoms with Gasteiger partial charge in [0, 0.05) is 17.6 Å². The molecule has 10 heteroatoms. The third kappa shape index (κ3) is 4.37. The van der Waals surface area contributed by atoms with Gasteiger partial charge in [0.25, 0.3) is 5.56 Å². The number of thiophene rings is 1. The molecule has 0 saturated carbocycles. The van der Waals surface area contributed by atoms with Crippen molar-refractivity contribution in [2.24, 2.45) is 0 Å². The quantitative estimate of drug-likeness (QED) is 0.386. The van der Waals surface area contributed by atoms with Gasteiger partial charge in [0.1, 0.15) is 4.83 Å². The molecule has 0 aromatic carbocycles. The molecule has 0 atom stereocenters. The number of hydrogen-bond donors (Lipinski definition) is 1. The van der Waals surface area contributed by atoms with E-state index in [0.717, 1.165) is 42.3 Å². The lowest BCUT2D eigenvalue weighted by Crippen LogP contribution is -2.24. The summed E-state index contributed by atoms with van der Waals surface area (Å²) in [6.45, 7) is 2.59. The van der Waals surface area contributed by atoms with Crippen LogP contribution in [0, 0.1) is 0 Å². The summed E-state index contributed by atoms with van der Waals surface area (Å²) >= 11 is 14.8. The third-order valence-corrected chi connectivity index (χ3v) is 7.54. The van der Waals surface area contributed by atoms with E-state index >= 15 is 0 Å². The molecule has 6 nitrogen and oxygen atoms in total. The van der Waals surface area contributed by atoms with Crippen LogP contribution in [0.25, 0.3) is 10.2 Å². The van der Waals surface area contributed by atoms with Crippen LogP contribution in [0.5, 0.6) is 0 Å². The largest absolute Gasteiger partial charge is 0.309 e. The van der Waals surface area contributed by atoms with Crippen molar-refractivity contribution in [1.29, 1.82) is 0 Å². The van der Waals surface area contributed by atoms with Gasteiger partial charge in [-0.25, -0.2) is 9.97 Å². The number of fused-ring (bicyclic) bond motifs is 3. The van der Waals surface area contributed by atoms with E-state index in [1.54, 1.807) is 15.9 Å². The Balaban J connectivity index is 1.59. The molecular formula is C20H20Cl2N4O2S2. The number of carbonyl (C=O) groups excluding carboxylic acids is 1. The van der Waals surface area contributed by atoms with Crippen LogP contribution in [0.15, 0.2) is 22.2 Å². The molecule has 0 spiro atoms. The van der Waals surface area contributed by atoms with Crippen LogP contribution in [-0.4, -0.2) is 26.2 Å². The Morgan fingerprint density at radius 1 is 1.33 bits per heavy atom. The number of aryl methyl sites for hydroxylation is 2. The van der Waals surface area contributed by atoms with E-state index in [-0.39, 0.29) is 28.1 Å². The Bertz CT molecular complexity index is 1180. The smallest absolute Gasteiger partial charge is 0.263 e. The van der Waals surface area contributed by atoms with Crippen molar-refractivity contribution >= 4 is 68.2 Å². The zero-order chi connectivity index (χ0) is 21.3. The Labute approximate surface area is 192 Å². The van der Waals surface area contributed by atoms with Crippen molar-refractivity contribution in [3.63, 3.8) is 0 Å². The molecule has 1 aliphatic rings. The maximum Gasteiger partial charge on any atom is 0.263 e. The number of anilines is 1. The fourth-order valence-corrected chi connectivity index (χ4v) is 6.11. The lowest BCUT2D eigenvalue weighted by molar-refractivity contribution is -0.113. The van der Waals surface area contributed by atoms with Gasteiger partial charge in [-0.1, -0.05) is 41.9 Å². The summed E-state index contributed by atoms with van der Waals surface area (Å²) in [5.74, 6) is 0.0689. The fourth-order valence-electron chi connectivity index (χ4n) is 3.56. The first kappa shape index (κ1) is 21.6. The van der Waals surface area contributed by atoms with Crippen LogP contribution in [0.1, 0.15) is 36.6 Å². The van der Waals surface area contributed by atoms with Gasteiger partial charge in [0.15, 0.2) is 11.0 Å². The SMILES string of the molecule is CCCn1c(SCC(=O)Nc2ncc(Cl)cc2Cl)nc2sc3c(c2c1=O)CCCC3. The third-order valence-electron chi connectivity index (χ3n) is 4.89. The highest BCUT2D eigenvalue weighted by molar-refractivity contribution is 7.99. The molecule has 0 aliphatic heterocycles. The van der Waals surface area contributed by atoms with Gasteiger partial charge >= 0.3 is 0 Å². The van der Waals surface area contributed by atoms with E-state index in [4.69, 9.17) is 28.2 Å². The lowest BCUT2D eigenvalue weighted by atomic mass is 9.97. The normalized spacial score (nSPS) is 13.4. The van der Waals surface area contributed by atoms with Crippen molar-refractivity contribution < 1.29 is 4.79 Å². The van der Waals surface area contributed by atoms with Gasteiger partial charge in [0.05, 0.1) is 21.2 Å². The molecule has 3 heterocycles. The molecule has 0 fully saturated rings. The van der Waals surface area contributed by atoms with Crippen molar-refractivity contribution in [2.75, 3.05) is 11.1 Å².